The second-order valence-corrected chi connectivity index (χ2v) is 6.43. The summed E-state index contributed by atoms with van der Waals surface area (Å²) >= 11 is 1.49. The third kappa shape index (κ3) is 2.28. The number of nitrogens with one attached hydrogen (secondary N) is 1. The molecule has 1 aliphatic heterocycles. The molecule has 3 heterocycles. The van der Waals surface area contributed by atoms with Crippen LogP contribution in [0.15, 0.2) is 28.7 Å². The second kappa shape index (κ2) is 5.52. The summed E-state index contributed by atoms with van der Waals surface area (Å²) in [7, 11) is 0. The number of carbonyl (C=O) groups excluding carboxylic acids is 1. The van der Waals surface area contributed by atoms with Crippen molar-refractivity contribution in [2.75, 3.05) is 11.6 Å². The molecule has 0 spiro atoms. The average Bonchev–Trinajstić information content (AvgIpc) is 3.19. The molecule has 0 aromatic carbocycles. The molecular weight excluding hydrogens is 312 g/mol. The maximum Gasteiger partial charge on any atom is 0.227 e. The van der Waals surface area contributed by atoms with Crippen molar-refractivity contribution in [1.29, 1.82) is 0 Å². The molecular formula is C15H18N6OS. The Balaban J connectivity index is 1.88. The number of nitrogens with zero attached hydrogens (tertiary/aromatic N) is 5. The standard InChI is InChI=1S/C15H18N6OS/c1-3-20-8-7-10(18-20)13-12-9(5-4-6-11(12)22)16-14-17-15(23-2)19-21(13)14/h7-8,13H,3-6H2,1-2H3,(H,16,17,19). The van der Waals surface area contributed by atoms with E-state index in [-0.39, 0.29) is 11.8 Å². The first kappa shape index (κ1) is 14.5. The van der Waals surface area contributed by atoms with Crippen LogP contribution in [0.2, 0.25) is 0 Å². The SMILES string of the molecule is CCn1ccc(C2C3=C(CCCC3=O)Nc3nc(SC)nn32)n1. The predicted octanol–water partition coefficient (Wildman–Crippen LogP) is 2.24. The lowest BCUT2D eigenvalue weighted by molar-refractivity contribution is -0.116. The molecule has 8 heteroatoms. The summed E-state index contributed by atoms with van der Waals surface area (Å²) < 4.78 is 3.67. The Kier molecular flexibility index (Phi) is 3.48. The van der Waals surface area contributed by atoms with Crippen molar-refractivity contribution in [3.63, 3.8) is 0 Å². The van der Waals surface area contributed by atoms with Gasteiger partial charge < -0.3 is 5.32 Å². The second-order valence-electron chi connectivity index (χ2n) is 5.66. The molecule has 0 fully saturated rings. The molecule has 1 aliphatic carbocycles. The highest BCUT2D eigenvalue weighted by Gasteiger charge is 2.37. The Morgan fingerprint density at radius 3 is 3.00 bits per heavy atom. The van der Waals surface area contributed by atoms with E-state index in [1.807, 2.05) is 30.1 Å². The fourth-order valence-electron chi connectivity index (χ4n) is 3.20. The largest absolute Gasteiger partial charge is 0.328 e. The van der Waals surface area contributed by atoms with E-state index in [4.69, 9.17) is 0 Å². The van der Waals surface area contributed by atoms with Gasteiger partial charge in [-0.25, -0.2) is 4.68 Å². The van der Waals surface area contributed by atoms with Gasteiger partial charge in [-0.1, -0.05) is 11.8 Å². The fraction of sp³-hybridized carbons (Fsp3) is 0.467. The summed E-state index contributed by atoms with van der Waals surface area (Å²) in [6.45, 7) is 2.84. The van der Waals surface area contributed by atoms with E-state index in [0.29, 0.717) is 17.5 Å². The highest BCUT2D eigenvalue weighted by molar-refractivity contribution is 7.98. The van der Waals surface area contributed by atoms with Crippen LogP contribution in [0.5, 0.6) is 0 Å². The Labute approximate surface area is 138 Å². The molecule has 0 amide bonds. The zero-order valence-electron chi connectivity index (χ0n) is 13.1. The summed E-state index contributed by atoms with van der Waals surface area (Å²) in [4.78, 5) is 17.1. The Morgan fingerprint density at radius 2 is 2.26 bits per heavy atom. The van der Waals surface area contributed by atoms with Gasteiger partial charge in [-0.3, -0.25) is 9.48 Å². The number of rotatable bonds is 3. The molecule has 0 bridgehead atoms. The molecule has 2 aliphatic rings. The zero-order valence-corrected chi connectivity index (χ0v) is 13.9. The number of ketones is 1. The minimum absolute atomic E-state index is 0.182. The van der Waals surface area contributed by atoms with Gasteiger partial charge in [-0.05, 0) is 32.1 Å². The van der Waals surface area contributed by atoms with Gasteiger partial charge in [-0.15, -0.1) is 5.10 Å². The van der Waals surface area contributed by atoms with Crippen LogP contribution in [0, 0.1) is 0 Å². The minimum atomic E-state index is -0.282. The van der Waals surface area contributed by atoms with Gasteiger partial charge in [0.15, 0.2) is 5.78 Å². The molecule has 0 saturated carbocycles. The highest BCUT2D eigenvalue weighted by Crippen LogP contribution is 2.39. The molecule has 0 saturated heterocycles. The van der Waals surface area contributed by atoms with E-state index in [1.54, 1.807) is 4.68 Å². The number of Topliss-reactive ketones (excluding diaryl/α,β-unsaturated/α-hetero) is 1. The third-order valence-corrected chi connectivity index (χ3v) is 4.83. The number of anilines is 1. The number of aromatic nitrogens is 5. The summed E-state index contributed by atoms with van der Waals surface area (Å²) in [5.74, 6) is 0.875. The zero-order chi connectivity index (χ0) is 16.0. The molecule has 0 radical (unpaired) electrons. The van der Waals surface area contributed by atoms with Gasteiger partial charge in [0, 0.05) is 30.4 Å². The van der Waals surface area contributed by atoms with Crippen molar-refractivity contribution in [3.8, 4) is 0 Å². The topological polar surface area (TPSA) is 77.6 Å². The molecule has 120 valence electrons. The fourth-order valence-corrected chi connectivity index (χ4v) is 3.54. The van der Waals surface area contributed by atoms with Gasteiger partial charge in [-0.2, -0.15) is 10.1 Å². The van der Waals surface area contributed by atoms with Crippen molar-refractivity contribution in [2.24, 2.45) is 0 Å². The van der Waals surface area contributed by atoms with Gasteiger partial charge in [0.25, 0.3) is 0 Å². The third-order valence-electron chi connectivity index (χ3n) is 4.30. The van der Waals surface area contributed by atoms with Gasteiger partial charge in [0.05, 0.1) is 5.69 Å². The molecule has 2 aromatic rings. The predicted molar refractivity (Wildman–Crippen MR) is 87.3 cm³/mol. The van der Waals surface area contributed by atoms with E-state index in [9.17, 15) is 4.79 Å². The van der Waals surface area contributed by atoms with E-state index < -0.39 is 0 Å². The maximum absolute atomic E-state index is 12.6. The molecule has 4 rings (SSSR count). The minimum Gasteiger partial charge on any atom is -0.328 e. The van der Waals surface area contributed by atoms with Crippen LogP contribution in [0.25, 0.3) is 0 Å². The number of allylic oxidation sites excluding steroid dienone is 2. The van der Waals surface area contributed by atoms with Crippen LogP contribution in [0.4, 0.5) is 5.95 Å². The first-order valence-electron chi connectivity index (χ1n) is 7.78. The number of thioether (sulfide) groups is 1. The number of aryl methyl sites for hydroxylation is 1. The number of carbonyl (C=O) groups is 1. The van der Waals surface area contributed by atoms with Crippen molar-refractivity contribution < 1.29 is 4.79 Å². The van der Waals surface area contributed by atoms with Crippen LogP contribution in [0.3, 0.4) is 0 Å². The van der Waals surface area contributed by atoms with Crippen molar-refractivity contribution in [1.82, 2.24) is 24.5 Å². The van der Waals surface area contributed by atoms with Crippen molar-refractivity contribution in [3.05, 3.63) is 29.2 Å². The quantitative estimate of drug-likeness (QED) is 0.870. The normalized spacial score (nSPS) is 20.3. The van der Waals surface area contributed by atoms with E-state index >= 15 is 0 Å². The van der Waals surface area contributed by atoms with Crippen molar-refractivity contribution in [2.45, 2.75) is 43.9 Å². The molecule has 23 heavy (non-hydrogen) atoms. The smallest absolute Gasteiger partial charge is 0.227 e. The molecule has 1 N–H and O–H groups in total. The summed E-state index contributed by atoms with van der Waals surface area (Å²) in [5.41, 5.74) is 2.61. The first-order chi connectivity index (χ1) is 11.2. The molecule has 7 nitrogen and oxygen atoms in total. The Bertz CT molecular complexity index is 805. The van der Waals surface area contributed by atoms with Crippen LogP contribution >= 0.6 is 11.8 Å². The number of fused-ring (bicyclic) bond motifs is 1. The average molecular weight is 330 g/mol. The van der Waals surface area contributed by atoms with Crippen molar-refractivity contribution >= 4 is 23.5 Å². The summed E-state index contributed by atoms with van der Waals surface area (Å²) in [6.07, 6.45) is 6.22. The maximum atomic E-state index is 12.6. The molecule has 2 aromatic heterocycles. The molecule has 1 unspecified atom stereocenters. The first-order valence-corrected chi connectivity index (χ1v) is 9.01. The van der Waals surface area contributed by atoms with E-state index in [2.05, 4.69) is 20.5 Å². The lowest BCUT2D eigenvalue weighted by Crippen LogP contribution is -2.31. The number of hydrogen-bond donors (Lipinski definition) is 1. The number of hydrogen-bond acceptors (Lipinski definition) is 6. The molecule has 1 atom stereocenters. The highest BCUT2D eigenvalue weighted by atomic mass is 32.2. The van der Waals surface area contributed by atoms with Gasteiger partial charge in [0.2, 0.25) is 11.1 Å². The van der Waals surface area contributed by atoms with E-state index in [1.165, 1.54) is 11.8 Å². The summed E-state index contributed by atoms with van der Waals surface area (Å²) in [6, 6.07) is 1.69. The monoisotopic (exact) mass is 330 g/mol. The van der Waals surface area contributed by atoms with Crippen LogP contribution in [-0.2, 0) is 11.3 Å². The van der Waals surface area contributed by atoms with Gasteiger partial charge >= 0.3 is 0 Å². The summed E-state index contributed by atoms with van der Waals surface area (Å²) in [5, 5.41) is 13.2. The Hall–Kier alpha value is -2.09. The lowest BCUT2D eigenvalue weighted by Gasteiger charge is -2.30. The van der Waals surface area contributed by atoms with Gasteiger partial charge in [0.1, 0.15) is 6.04 Å². The lowest BCUT2D eigenvalue weighted by atomic mass is 9.87. The van der Waals surface area contributed by atoms with Crippen LogP contribution in [0.1, 0.15) is 37.9 Å². The van der Waals surface area contributed by atoms with Crippen LogP contribution in [-0.4, -0.2) is 36.6 Å². The van der Waals surface area contributed by atoms with Crippen LogP contribution < -0.4 is 5.32 Å². The van der Waals surface area contributed by atoms with E-state index in [0.717, 1.165) is 36.4 Å². The Morgan fingerprint density at radius 1 is 1.39 bits per heavy atom.